The zero-order chi connectivity index (χ0) is 11.8. The molecule has 17 heavy (non-hydrogen) atoms. The fourth-order valence-electron chi connectivity index (χ4n) is 3.12. The van der Waals surface area contributed by atoms with Gasteiger partial charge in [0, 0.05) is 21.8 Å². The van der Waals surface area contributed by atoms with E-state index in [0.29, 0.717) is 6.04 Å². The monoisotopic (exact) mass is 342 g/mol. The molecule has 1 unspecified atom stereocenters. The van der Waals surface area contributed by atoms with Gasteiger partial charge < -0.3 is 10.2 Å². The Hall–Kier alpha value is -0.290. The van der Waals surface area contributed by atoms with Crippen molar-refractivity contribution in [2.45, 2.75) is 25.8 Å². The predicted octanol–water partition coefficient (Wildman–Crippen LogP) is 3.11. The number of hydrogen-bond acceptors (Lipinski definition) is 2. The van der Waals surface area contributed by atoms with E-state index in [-0.39, 0.29) is 0 Å². The lowest BCUT2D eigenvalue weighted by Gasteiger charge is -2.45. The number of nitrogens with one attached hydrogen (secondary N) is 1. The molecule has 1 aromatic rings. The number of halogens is 1. The summed E-state index contributed by atoms with van der Waals surface area (Å²) in [5.41, 5.74) is 2.69. The summed E-state index contributed by atoms with van der Waals surface area (Å²) >= 11 is 2.38. The van der Waals surface area contributed by atoms with Crippen molar-refractivity contribution in [3.63, 3.8) is 0 Å². The number of hydrogen-bond donors (Lipinski definition) is 1. The van der Waals surface area contributed by atoms with E-state index in [1.54, 1.807) is 0 Å². The van der Waals surface area contributed by atoms with Crippen molar-refractivity contribution in [3.05, 3.63) is 27.3 Å². The SMILES string of the molecule is Cc1cc(I)ccc1NC1CN2CCC1CC2. The maximum Gasteiger partial charge on any atom is 0.0417 e. The third-order valence-corrected chi connectivity index (χ3v) is 4.86. The number of aryl methyl sites for hydroxylation is 1. The van der Waals surface area contributed by atoms with Crippen LogP contribution in [0.2, 0.25) is 0 Å². The van der Waals surface area contributed by atoms with Crippen molar-refractivity contribution in [1.82, 2.24) is 4.90 Å². The molecule has 1 aromatic carbocycles. The summed E-state index contributed by atoms with van der Waals surface area (Å²) in [6.45, 7) is 6.06. The minimum Gasteiger partial charge on any atom is -0.381 e. The van der Waals surface area contributed by atoms with Crippen LogP contribution in [0.4, 0.5) is 5.69 Å². The Morgan fingerprint density at radius 1 is 1.29 bits per heavy atom. The normalized spacial score (nSPS) is 31.5. The van der Waals surface area contributed by atoms with Crippen LogP contribution in [0.25, 0.3) is 0 Å². The van der Waals surface area contributed by atoms with Gasteiger partial charge in [-0.3, -0.25) is 0 Å². The van der Waals surface area contributed by atoms with Crippen molar-refractivity contribution >= 4 is 28.3 Å². The van der Waals surface area contributed by atoms with Crippen molar-refractivity contribution in [2.75, 3.05) is 25.0 Å². The van der Waals surface area contributed by atoms with Crippen LogP contribution >= 0.6 is 22.6 Å². The van der Waals surface area contributed by atoms with Gasteiger partial charge in [-0.1, -0.05) is 0 Å². The smallest absolute Gasteiger partial charge is 0.0417 e. The molecule has 3 heteroatoms. The van der Waals surface area contributed by atoms with E-state index in [0.717, 1.165) is 5.92 Å². The Morgan fingerprint density at radius 3 is 2.65 bits per heavy atom. The van der Waals surface area contributed by atoms with Gasteiger partial charge in [-0.25, -0.2) is 0 Å². The second-order valence-electron chi connectivity index (χ2n) is 5.35. The molecule has 3 aliphatic heterocycles. The summed E-state index contributed by atoms with van der Waals surface area (Å²) in [5.74, 6) is 0.888. The van der Waals surface area contributed by atoms with Gasteiger partial charge in [0.2, 0.25) is 0 Å². The molecule has 0 amide bonds. The molecular weight excluding hydrogens is 323 g/mol. The lowest BCUT2D eigenvalue weighted by molar-refractivity contribution is 0.0975. The lowest BCUT2D eigenvalue weighted by atomic mass is 9.84. The minimum atomic E-state index is 0.663. The average molecular weight is 342 g/mol. The zero-order valence-corrected chi connectivity index (χ0v) is 12.4. The average Bonchev–Trinajstić information content (AvgIpc) is 2.34. The highest BCUT2D eigenvalue weighted by molar-refractivity contribution is 14.1. The molecule has 1 atom stereocenters. The van der Waals surface area contributed by atoms with Crippen molar-refractivity contribution in [2.24, 2.45) is 5.92 Å². The number of rotatable bonds is 2. The molecule has 4 rings (SSSR count). The standard InChI is InChI=1S/C14H19IN2/c1-10-8-12(15)2-3-13(10)16-14-9-17-6-4-11(14)5-7-17/h2-3,8,11,14,16H,4-7,9H2,1H3. The summed E-state index contributed by atoms with van der Waals surface area (Å²) in [6, 6.07) is 7.34. The molecule has 0 saturated carbocycles. The van der Waals surface area contributed by atoms with Gasteiger partial charge >= 0.3 is 0 Å². The maximum atomic E-state index is 3.76. The lowest BCUT2D eigenvalue weighted by Crippen LogP contribution is -2.53. The Labute approximate surface area is 117 Å². The van der Waals surface area contributed by atoms with Crippen LogP contribution in [0.15, 0.2) is 18.2 Å². The predicted molar refractivity (Wildman–Crippen MR) is 80.5 cm³/mol. The van der Waals surface area contributed by atoms with Gasteiger partial charge in [0.05, 0.1) is 0 Å². The van der Waals surface area contributed by atoms with Crippen LogP contribution in [0.5, 0.6) is 0 Å². The molecule has 3 aliphatic rings. The summed E-state index contributed by atoms with van der Waals surface area (Å²) in [6.07, 6.45) is 2.75. The first-order valence-corrected chi connectivity index (χ1v) is 7.55. The highest BCUT2D eigenvalue weighted by Gasteiger charge is 2.33. The van der Waals surface area contributed by atoms with Gasteiger partial charge in [-0.15, -0.1) is 0 Å². The maximum absolute atomic E-state index is 3.76. The first kappa shape index (κ1) is 11.8. The van der Waals surface area contributed by atoms with Gasteiger partial charge in [-0.2, -0.15) is 0 Å². The Kier molecular flexibility index (Phi) is 3.30. The highest BCUT2D eigenvalue weighted by Crippen LogP contribution is 2.30. The second-order valence-corrected chi connectivity index (χ2v) is 6.59. The molecule has 0 radical (unpaired) electrons. The molecule has 0 aromatic heterocycles. The van der Waals surface area contributed by atoms with Crippen LogP contribution in [0.1, 0.15) is 18.4 Å². The summed E-state index contributed by atoms with van der Waals surface area (Å²) < 4.78 is 1.32. The fraction of sp³-hybridized carbons (Fsp3) is 0.571. The molecule has 3 heterocycles. The molecule has 3 fully saturated rings. The molecule has 0 spiro atoms. The number of benzene rings is 1. The van der Waals surface area contributed by atoms with Crippen LogP contribution in [-0.2, 0) is 0 Å². The first-order chi connectivity index (χ1) is 8.22. The summed E-state index contributed by atoms with van der Waals surface area (Å²) in [4.78, 5) is 2.60. The Bertz CT molecular complexity index is 411. The number of nitrogens with zero attached hydrogens (tertiary/aromatic N) is 1. The van der Waals surface area contributed by atoms with E-state index in [4.69, 9.17) is 0 Å². The third kappa shape index (κ3) is 2.45. The van der Waals surface area contributed by atoms with Gasteiger partial charge in [0.1, 0.15) is 0 Å². The Balaban J connectivity index is 1.74. The molecule has 92 valence electrons. The molecule has 2 nitrogen and oxygen atoms in total. The van der Waals surface area contributed by atoms with E-state index in [1.165, 1.54) is 47.3 Å². The minimum absolute atomic E-state index is 0.663. The van der Waals surface area contributed by atoms with Gasteiger partial charge in [0.25, 0.3) is 0 Å². The molecular formula is C14H19IN2. The third-order valence-electron chi connectivity index (χ3n) is 4.19. The quantitative estimate of drug-likeness (QED) is 0.831. The van der Waals surface area contributed by atoms with E-state index < -0.39 is 0 Å². The van der Waals surface area contributed by atoms with E-state index in [1.807, 2.05) is 0 Å². The highest BCUT2D eigenvalue weighted by atomic mass is 127. The van der Waals surface area contributed by atoms with Crippen molar-refractivity contribution < 1.29 is 0 Å². The van der Waals surface area contributed by atoms with Crippen LogP contribution in [-0.4, -0.2) is 30.6 Å². The van der Waals surface area contributed by atoms with Crippen molar-refractivity contribution in [1.29, 1.82) is 0 Å². The molecule has 1 N–H and O–H groups in total. The number of piperidine rings is 3. The largest absolute Gasteiger partial charge is 0.381 e. The van der Waals surface area contributed by atoms with Crippen LogP contribution < -0.4 is 5.32 Å². The van der Waals surface area contributed by atoms with Gasteiger partial charge in [-0.05, 0) is 85.1 Å². The summed E-state index contributed by atoms with van der Waals surface area (Å²) in [5, 5.41) is 3.76. The van der Waals surface area contributed by atoms with Crippen molar-refractivity contribution in [3.8, 4) is 0 Å². The molecule has 2 bridgehead atoms. The van der Waals surface area contributed by atoms with Crippen LogP contribution in [0.3, 0.4) is 0 Å². The second kappa shape index (κ2) is 4.76. The van der Waals surface area contributed by atoms with E-state index >= 15 is 0 Å². The van der Waals surface area contributed by atoms with E-state index in [9.17, 15) is 0 Å². The first-order valence-electron chi connectivity index (χ1n) is 6.47. The topological polar surface area (TPSA) is 15.3 Å². The summed E-state index contributed by atoms with van der Waals surface area (Å²) in [7, 11) is 0. The number of anilines is 1. The van der Waals surface area contributed by atoms with Crippen LogP contribution in [0, 0.1) is 16.4 Å². The molecule has 0 aliphatic carbocycles. The molecule has 3 saturated heterocycles. The van der Waals surface area contributed by atoms with E-state index in [2.05, 4.69) is 57.9 Å². The fourth-order valence-corrected chi connectivity index (χ4v) is 3.76. The zero-order valence-electron chi connectivity index (χ0n) is 10.2. The Morgan fingerprint density at radius 2 is 2.06 bits per heavy atom. The van der Waals surface area contributed by atoms with Gasteiger partial charge in [0.15, 0.2) is 0 Å². The number of fused-ring (bicyclic) bond motifs is 3.